The lowest BCUT2D eigenvalue weighted by atomic mass is 10.1. The summed E-state index contributed by atoms with van der Waals surface area (Å²) < 4.78 is 5.57. The Bertz CT molecular complexity index is 496. The minimum Gasteiger partial charge on any atom is -0.494 e. The molecule has 0 unspecified atom stereocenters. The summed E-state index contributed by atoms with van der Waals surface area (Å²) in [6.07, 6.45) is 2.86. The van der Waals surface area contributed by atoms with Crippen molar-refractivity contribution in [3.8, 4) is 5.75 Å². The molecule has 0 aliphatic rings. The molecule has 0 radical (unpaired) electrons. The standard InChI is InChI=1S/C17H22N2O/c1-3-12-20-16-9-7-15(8-10-16)13-19-14(2)17-6-4-5-11-18-17/h4-11,14,19H,3,12-13H2,1-2H3/t14-/m0/s1. The number of nitrogens with one attached hydrogen (secondary N) is 1. The van der Waals surface area contributed by atoms with Crippen molar-refractivity contribution in [1.29, 1.82) is 0 Å². The highest BCUT2D eigenvalue weighted by molar-refractivity contribution is 5.27. The molecule has 106 valence electrons. The topological polar surface area (TPSA) is 34.1 Å². The molecule has 1 aromatic heterocycles. The maximum Gasteiger partial charge on any atom is 0.119 e. The van der Waals surface area contributed by atoms with Crippen molar-refractivity contribution in [2.24, 2.45) is 0 Å². The molecule has 0 spiro atoms. The van der Waals surface area contributed by atoms with Gasteiger partial charge in [0.05, 0.1) is 12.3 Å². The second-order valence-electron chi connectivity index (χ2n) is 4.85. The molecule has 2 rings (SSSR count). The Morgan fingerprint density at radius 2 is 1.95 bits per heavy atom. The van der Waals surface area contributed by atoms with E-state index in [1.165, 1.54) is 5.56 Å². The van der Waals surface area contributed by atoms with E-state index in [-0.39, 0.29) is 6.04 Å². The van der Waals surface area contributed by atoms with E-state index in [9.17, 15) is 0 Å². The van der Waals surface area contributed by atoms with Gasteiger partial charge in [0.1, 0.15) is 5.75 Å². The molecule has 3 nitrogen and oxygen atoms in total. The summed E-state index contributed by atoms with van der Waals surface area (Å²) in [4.78, 5) is 4.36. The van der Waals surface area contributed by atoms with Gasteiger partial charge in [-0.1, -0.05) is 25.1 Å². The van der Waals surface area contributed by atoms with Gasteiger partial charge in [-0.25, -0.2) is 0 Å². The van der Waals surface area contributed by atoms with Crippen LogP contribution in [-0.2, 0) is 6.54 Å². The lowest BCUT2D eigenvalue weighted by Gasteiger charge is -2.13. The summed E-state index contributed by atoms with van der Waals surface area (Å²) in [6, 6.07) is 14.5. The van der Waals surface area contributed by atoms with Crippen molar-refractivity contribution in [3.05, 3.63) is 59.9 Å². The summed E-state index contributed by atoms with van der Waals surface area (Å²) in [5.41, 5.74) is 2.31. The first kappa shape index (κ1) is 14.5. The average Bonchev–Trinajstić information content (AvgIpc) is 2.52. The molecule has 0 saturated heterocycles. The number of nitrogens with zero attached hydrogens (tertiary/aromatic N) is 1. The van der Waals surface area contributed by atoms with E-state index >= 15 is 0 Å². The van der Waals surface area contributed by atoms with Crippen molar-refractivity contribution in [2.45, 2.75) is 32.9 Å². The van der Waals surface area contributed by atoms with Gasteiger partial charge in [0.15, 0.2) is 0 Å². The van der Waals surface area contributed by atoms with Gasteiger partial charge in [0.25, 0.3) is 0 Å². The number of rotatable bonds is 7. The molecule has 0 aliphatic carbocycles. The molecule has 0 amide bonds. The Hall–Kier alpha value is -1.87. The lowest BCUT2D eigenvalue weighted by Crippen LogP contribution is -2.18. The van der Waals surface area contributed by atoms with Crippen LogP contribution in [0.5, 0.6) is 5.75 Å². The van der Waals surface area contributed by atoms with Gasteiger partial charge in [-0.3, -0.25) is 4.98 Å². The fourth-order valence-corrected chi connectivity index (χ4v) is 1.93. The van der Waals surface area contributed by atoms with Crippen LogP contribution in [0.15, 0.2) is 48.7 Å². The second kappa shape index (κ2) is 7.65. The molecule has 1 heterocycles. The summed E-state index contributed by atoms with van der Waals surface area (Å²) in [7, 11) is 0. The van der Waals surface area contributed by atoms with Crippen LogP contribution in [0, 0.1) is 0 Å². The number of pyridine rings is 1. The first-order chi connectivity index (χ1) is 9.79. The third-order valence-electron chi connectivity index (χ3n) is 3.14. The maximum absolute atomic E-state index is 5.57. The van der Waals surface area contributed by atoms with E-state index in [1.807, 2.05) is 36.5 Å². The number of hydrogen-bond acceptors (Lipinski definition) is 3. The maximum atomic E-state index is 5.57. The van der Waals surface area contributed by atoms with Gasteiger partial charge in [0.2, 0.25) is 0 Å². The van der Waals surface area contributed by atoms with Crippen molar-refractivity contribution < 1.29 is 4.74 Å². The van der Waals surface area contributed by atoms with E-state index in [2.05, 4.69) is 36.3 Å². The predicted octanol–water partition coefficient (Wildman–Crippen LogP) is 3.72. The normalized spacial score (nSPS) is 12.1. The number of benzene rings is 1. The smallest absolute Gasteiger partial charge is 0.119 e. The number of hydrogen-bond donors (Lipinski definition) is 1. The van der Waals surface area contributed by atoms with Crippen molar-refractivity contribution >= 4 is 0 Å². The number of ether oxygens (including phenoxy) is 1. The lowest BCUT2D eigenvalue weighted by molar-refractivity contribution is 0.317. The highest BCUT2D eigenvalue weighted by Gasteiger charge is 2.05. The first-order valence-electron chi connectivity index (χ1n) is 7.15. The fraction of sp³-hybridized carbons (Fsp3) is 0.353. The van der Waals surface area contributed by atoms with Crippen LogP contribution in [0.1, 0.15) is 37.6 Å². The molecule has 2 aromatic rings. The van der Waals surface area contributed by atoms with Gasteiger partial charge in [0, 0.05) is 18.8 Å². The van der Waals surface area contributed by atoms with Crippen molar-refractivity contribution in [3.63, 3.8) is 0 Å². The third kappa shape index (κ3) is 4.35. The first-order valence-corrected chi connectivity index (χ1v) is 7.15. The Balaban J connectivity index is 1.84. The summed E-state index contributed by atoms with van der Waals surface area (Å²) in [6.45, 7) is 5.83. The van der Waals surface area contributed by atoms with E-state index in [0.29, 0.717) is 0 Å². The molecular weight excluding hydrogens is 248 g/mol. The van der Waals surface area contributed by atoms with Crippen molar-refractivity contribution in [1.82, 2.24) is 10.3 Å². The van der Waals surface area contributed by atoms with Crippen LogP contribution in [0.4, 0.5) is 0 Å². The third-order valence-corrected chi connectivity index (χ3v) is 3.14. The summed E-state index contributed by atoms with van der Waals surface area (Å²) in [5.74, 6) is 0.938. The van der Waals surface area contributed by atoms with E-state index < -0.39 is 0 Å². The van der Waals surface area contributed by atoms with Crippen LogP contribution in [0.3, 0.4) is 0 Å². The second-order valence-corrected chi connectivity index (χ2v) is 4.85. The van der Waals surface area contributed by atoms with Gasteiger partial charge in [-0.15, -0.1) is 0 Å². The van der Waals surface area contributed by atoms with Gasteiger partial charge < -0.3 is 10.1 Å². The van der Waals surface area contributed by atoms with Crippen LogP contribution < -0.4 is 10.1 Å². The largest absolute Gasteiger partial charge is 0.494 e. The molecule has 0 fully saturated rings. The zero-order chi connectivity index (χ0) is 14.2. The van der Waals surface area contributed by atoms with Crippen LogP contribution in [0.25, 0.3) is 0 Å². The predicted molar refractivity (Wildman–Crippen MR) is 81.7 cm³/mol. The highest BCUT2D eigenvalue weighted by atomic mass is 16.5. The zero-order valence-electron chi connectivity index (χ0n) is 12.2. The van der Waals surface area contributed by atoms with Crippen LogP contribution in [0.2, 0.25) is 0 Å². The fourth-order valence-electron chi connectivity index (χ4n) is 1.93. The Morgan fingerprint density at radius 1 is 1.15 bits per heavy atom. The molecule has 0 bridgehead atoms. The Labute approximate surface area is 121 Å². The molecule has 3 heteroatoms. The van der Waals surface area contributed by atoms with Gasteiger partial charge in [-0.05, 0) is 43.2 Å². The summed E-state index contributed by atoms with van der Waals surface area (Å²) in [5, 5.41) is 3.47. The Morgan fingerprint density at radius 3 is 2.60 bits per heavy atom. The monoisotopic (exact) mass is 270 g/mol. The zero-order valence-corrected chi connectivity index (χ0v) is 12.2. The molecule has 1 N–H and O–H groups in total. The molecule has 0 aliphatic heterocycles. The summed E-state index contributed by atoms with van der Waals surface area (Å²) >= 11 is 0. The minimum absolute atomic E-state index is 0.243. The highest BCUT2D eigenvalue weighted by Crippen LogP contribution is 2.14. The molecule has 1 atom stereocenters. The number of aromatic nitrogens is 1. The Kier molecular flexibility index (Phi) is 5.56. The molecule has 20 heavy (non-hydrogen) atoms. The van der Waals surface area contributed by atoms with E-state index in [0.717, 1.165) is 31.0 Å². The molecule has 0 saturated carbocycles. The molecular formula is C17H22N2O. The van der Waals surface area contributed by atoms with Crippen molar-refractivity contribution in [2.75, 3.05) is 6.61 Å². The van der Waals surface area contributed by atoms with Gasteiger partial charge in [-0.2, -0.15) is 0 Å². The van der Waals surface area contributed by atoms with Crippen LogP contribution in [-0.4, -0.2) is 11.6 Å². The van der Waals surface area contributed by atoms with E-state index in [1.54, 1.807) is 0 Å². The molecule has 1 aromatic carbocycles. The van der Waals surface area contributed by atoms with E-state index in [4.69, 9.17) is 4.74 Å². The quantitative estimate of drug-likeness (QED) is 0.832. The van der Waals surface area contributed by atoms with Gasteiger partial charge >= 0.3 is 0 Å². The minimum atomic E-state index is 0.243. The van der Waals surface area contributed by atoms with Crippen LogP contribution >= 0.6 is 0 Å². The average molecular weight is 270 g/mol. The SMILES string of the molecule is CCCOc1ccc(CN[C@@H](C)c2ccccn2)cc1.